The van der Waals surface area contributed by atoms with Gasteiger partial charge in [-0.15, -0.1) is 11.8 Å². The van der Waals surface area contributed by atoms with Gasteiger partial charge >= 0.3 is 0 Å². The lowest BCUT2D eigenvalue weighted by atomic mass is 10.2. The van der Waals surface area contributed by atoms with E-state index in [4.69, 9.17) is 9.47 Å². The van der Waals surface area contributed by atoms with Crippen LogP contribution >= 0.6 is 11.8 Å². The Kier molecular flexibility index (Phi) is 4.64. The summed E-state index contributed by atoms with van der Waals surface area (Å²) >= 11 is 1.50. The zero-order chi connectivity index (χ0) is 13.1. The number of hydrogen-bond acceptors (Lipinski definition) is 5. The van der Waals surface area contributed by atoms with E-state index in [0.29, 0.717) is 0 Å². The molecule has 4 nitrogen and oxygen atoms in total. The number of aliphatic hydroxyl groups is 2. The van der Waals surface area contributed by atoms with E-state index in [-0.39, 0.29) is 11.9 Å². The molecule has 0 saturated carbocycles. The highest BCUT2D eigenvalue weighted by Crippen LogP contribution is 2.35. The molecule has 1 heterocycles. The maximum Gasteiger partial charge on any atom is 0.184 e. The fraction of sp³-hybridized carbons (Fsp3) is 0.538. The molecule has 0 aromatic heterocycles. The minimum Gasteiger partial charge on any atom is -0.394 e. The Morgan fingerprint density at radius 2 is 2.00 bits per heavy atom. The van der Waals surface area contributed by atoms with Gasteiger partial charge in [-0.25, -0.2) is 0 Å². The van der Waals surface area contributed by atoms with Gasteiger partial charge in [-0.2, -0.15) is 0 Å². The van der Waals surface area contributed by atoms with Gasteiger partial charge in [0.05, 0.1) is 18.0 Å². The Morgan fingerprint density at radius 3 is 2.56 bits per heavy atom. The van der Waals surface area contributed by atoms with Gasteiger partial charge in [0.25, 0.3) is 0 Å². The highest BCUT2D eigenvalue weighted by Gasteiger charge is 2.44. The lowest BCUT2D eigenvalue weighted by Gasteiger charge is -2.18. The molecule has 0 aliphatic carbocycles. The molecule has 1 aliphatic heterocycles. The van der Waals surface area contributed by atoms with Crippen molar-refractivity contribution in [2.24, 2.45) is 0 Å². The van der Waals surface area contributed by atoms with Gasteiger partial charge in [0.15, 0.2) is 6.29 Å². The van der Waals surface area contributed by atoms with Crippen molar-refractivity contribution in [2.45, 2.75) is 35.6 Å². The fourth-order valence-electron chi connectivity index (χ4n) is 1.97. The predicted molar refractivity (Wildman–Crippen MR) is 69.6 cm³/mol. The van der Waals surface area contributed by atoms with Crippen LogP contribution in [0, 0.1) is 6.92 Å². The van der Waals surface area contributed by atoms with Gasteiger partial charge in [0, 0.05) is 12.0 Å². The Balaban J connectivity index is 2.08. The van der Waals surface area contributed by atoms with Crippen molar-refractivity contribution < 1.29 is 19.7 Å². The molecule has 1 aromatic rings. The number of aliphatic hydroxyl groups excluding tert-OH is 2. The monoisotopic (exact) mass is 270 g/mol. The van der Waals surface area contributed by atoms with E-state index in [1.54, 1.807) is 0 Å². The van der Waals surface area contributed by atoms with Crippen LogP contribution in [0.3, 0.4) is 0 Å². The molecule has 5 heteroatoms. The summed E-state index contributed by atoms with van der Waals surface area (Å²) in [5.74, 6) is 0. The van der Waals surface area contributed by atoms with E-state index in [2.05, 4.69) is 0 Å². The van der Waals surface area contributed by atoms with E-state index in [9.17, 15) is 10.2 Å². The summed E-state index contributed by atoms with van der Waals surface area (Å²) in [6, 6.07) is 8.04. The highest BCUT2D eigenvalue weighted by molar-refractivity contribution is 8.00. The lowest BCUT2D eigenvalue weighted by Crippen LogP contribution is -2.31. The predicted octanol–water partition coefficient (Wildman–Crippen LogP) is 1.18. The van der Waals surface area contributed by atoms with Crippen molar-refractivity contribution in [1.82, 2.24) is 0 Å². The smallest absolute Gasteiger partial charge is 0.184 e. The summed E-state index contributed by atoms with van der Waals surface area (Å²) in [6.07, 6.45) is -1.81. The van der Waals surface area contributed by atoms with Gasteiger partial charge < -0.3 is 19.7 Å². The van der Waals surface area contributed by atoms with Crippen molar-refractivity contribution in [3.05, 3.63) is 29.8 Å². The van der Waals surface area contributed by atoms with Crippen molar-refractivity contribution in [2.75, 3.05) is 13.7 Å². The minimum absolute atomic E-state index is 0.125. The van der Waals surface area contributed by atoms with Crippen LogP contribution in [0.25, 0.3) is 0 Å². The number of hydrogen-bond donors (Lipinski definition) is 2. The summed E-state index contributed by atoms with van der Waals surface area (Å²) in [4.78, 5) is 1.04. The van der Waals surface area contributed by atoms with E-state index in [0.717, 1.165) is 4.90 Å². The summed E-state index contributed by atoms with van der Waals surface area (Å²) in [7, 11) is 1.49. The summed E-state index contributed by atoms with van der Waals surface area (Å²) in [5.41, 5.74) is 1.19. The van der Waals surface area contributed by atoms with E-state index in [1.807, 2.05) is 31.2 Å². The van der Waals surface area contributed by atoms with Crippen molar-refractivity contribution in [1.29, 1.82) is 0 Å². The highest BCUT2D eigenvalue weighted by atomic mass is 32.2. The first kappa shape index (κ1) is 13.8. The van der Waals surface area contributed by atoms with Crippen LogP contribution in [0.2, 0.25) is 0 Å². The average Bonchev–Trinajstić information content (AvgIpc) is 2.69. The quantitative estimate of drug-likeness (QED) is 0.860. The second-order valence-electron chi connectivity index (χ2n) is 4.35. The van der Waals surface area contributed by atoms with Crippen LogP contribution in [0.1, 0.15) is 5.56 Å². The second-order valence-corrected chi connectivity index (χ2v) is 5.60. The zero-order valence-electron chi connectivity index (χ0n) is 10.4. The second kappa shape index (κ2) is 6.04. The fourth-order valence-corrected chi connectivity index (χ4v) is 3.14. The van der Waals surface area contributed by atoms with E-state index >= 15 is 0 Å². The SMILES string of the molecule is CO[C@@H]1O[C@H](CO)[C@H](Sc2ccc(C)cc2)[C@H]1O. The molecular formula is C13H18O4S. The number of rotatable bonds is 4. The van der Waals surface area contributed by atoms with Crippen LogP contribution in [-0.2, 0) is 9.47 Å². The Bertz CT molecular complexity index is 379. The number of ether oxygens (including phenoxy) is 2. The molecule has 2 rings (SSSR count). The molecule has 1 fully saturated rings. The van der Waals surface area contributed by atoms with Crippen LogP contribution in [0.15, 0.2) is 29.2 Å². The zero-order valence-corrected chi connectivity index (χ0v) is 11.3. The van der Waals surface area contributed by atoms with Gasteiger partial charge in [0.1, 0.15) is 6.10 Å². The largest absolute Gasteiger partial charge is 0.394 e. The molecule has 18 heavy (non-hydrogen) atoms. The third-order valence-corrected chi connectivity index (χ3v) is 4.40. The third kappa shape index (κ3) is 2.87. The molecule has 2 N–H and O–H groups in total. The number of aryl methyl sites for hydroxylation is 1. The Morgan fingerprint density at radius 1 is 1.33 bits per heavy atom. The van der Waals surface area contributed by atoms with E-state index in [1.165, 1.54) is 24.4 Å². The maximum absolute atomic E-state index is 10.1. The third-order valence-electron chi connectivity index (χ3n) is 3.00. The lowest BCUT2D eigenvalue weighted by molar-refractivity contribution is -0.153. The first-order valence-electron chi connectivity index (χ1n) is 5.86. The number of benzene rings is 1. The van der Waals surface area contributed by atoms with Gasteiger partial charge in [0.2, 0.25) is 0 Å². The Hall–Kier alpha value is -0.590. The summed E-state index contributed by atoms with van der Waals surface area (Å²) in [5, 5.41) is 19.1. The van der Waals surface area contributed by atoms with Crippen molar-refractivity contribution in [3.8, 4) is 0 Å². The number of methoxy groups -OCH3 is 1. The summed E-state index contributed by atoms with van der Waals surface area (Å²) in [6.45, 7) is 1.90. The number of thioether (sulfide) groups is 1. The molecule has 1 saturated heterocycles. The average molecular weight is 270 g/mol. The Labute approximate surface area is 111 Å². The molecular weight excluding hydrogens is 252 g/mol. The molecule has 0 unspecified atom stereocenters. The molecule has 100 valence electrons. The topological polar surface area (TPSA) is 58.9 Å². The molecule has 0 radical (unpaired) electrons. The normalized spacial score (nSPS) is 31.8. The molecule has 0 spiro atoms. The van der Waals surface area contributed by atoms with Gasteiger partial charge in [-0.1, -0.05) is 17.7 Å². The molecule has 0 bridgehead atoms. The molecule has 0 amide bonds. The standard InChI is InChI=1S/C13H18O4S/c1-8-3-5-9(6-4-8)18-12-10(7-14)17-13(16-2)11(12)15/h3-6,10-15H,7H2,1-2H3/t10-,11-,12+,13-/m1/s1. The first-order chi connectivity index (χ1) is 8.65. The van der Waals surface area contributed by atoms with Crippen molar-refractivity contribution >= 4 is 11.8 Å². The van der Waals surface area contributed by atoms with Crippen molar-refractivity contribution in [3.63, 3.8) is 0 Å². The van der Waals surface area contributed by atoms with Gasteiger partial charge in [-0.3, -0.25) is 0 Å². The van der Waals surface area contributed by atoms with Crippen LogP contribution in [-0.4, -0.2) is 47.7 Å². The maximum atomic E-state index is 10.1. The van der Waals surface area contributed by atoms with E-state index < -0.39 is 18.5 Å². The van der Waals surface area contributed by atoms with Gasteiger partial charge in [-0.05, 0) is 19.1 Å². The van der Waals surface area contributed by atoms with Crippen LogP contribution in [0.4, 0.5) is 0 Å². The molecule has 4 atom stereocenters. The van der Waals surface area contributed by atoms with Crippen LogP contribution < -0.4 is 0 Å². The minimum atomic E-state index is -0.738. The first-order valence-corrected chi connectivity index (χ1v) is 6.74. The summed E-state index contributed by atoms with van der Waals surface area (Å²) < 4.78 is 10.5. The molecule has 1 aromatic carbocycles. The van der Waals surface area contributed by atoms with Crippen LogP contribution in [0.5, 0.6) is 0 Å². The molecule has 1 aliphatic rings.